The number of anilines is 2. The lowest BCUT2D eigenvalue weighted by Crippen LogP contribution is -2.52. The SMILES string of the molecule is C[C@@H]1CN(CC2=C(c3ccc(Cl)cc3)CC(C)(C)CC2)CCN1c1ccc(C(=O)NS(=O)(=O)c2ccc(NC[C@H]3COCCO3)c([N+](=O)[O-])c2)c(Oc2cnc3[nH]ccc3c2)c1. The number of aromatic amines is 1. The molecule has 2 fully saturated rings. The Morgan fingerprint density at radius 2 is 1.90 bits per heavy atom. The van der Waals surface area contributed by atoms with Crippen LogP contribution in [0, 0.1) is 15.5 Å². The van der Waals surface area contributed by atoms with E-state index in [1.807, 2.05) is 18.2 Å². The molecule has 0 unspecified atom stereocenters. The van der Waals surface area contributed by atoms with E-state index < -0.39 is 31.4 Å². The van der Waals surface area contributed by atoms with Crippen molar-refractivity contribution in [2.75, 3.05) is 62.8 Å². The summed E-state index contributed by atoms with van der Waals surface area (Å²) in [6, 6.07) is 20.3. The summed E-state index contributed by atoms with van der Waals surface area (Å²) in [4.78, 5) is 37.1. The van der Waals surface area contributed by atoms with Crippen LogP contribution in [-0.2, 0) is 19.5 Å². The van der Waals surface area contributed by atoms with Gasteiger partial charge in [0.05, 0.1) is 47.5 Å². The number of pyridine rings is 1. The van der Waals surface area contributed by atoms with Gasteiger partial charge in [0.1, 0.15) is 22.8 Å². The second-order valence-electron chi connectivity index (χ2n) is 16.9. The van der Waals surface area contributed by atoms with Crippen molar-refractivity contribution in [1.82, 2.24) is 19.6 Å². The average molecular weight is 884 g/mol. The number of amides is 1. The Labute approximate surface area is 365 Å². The summed E-state index contributed by atoms with van der Waals surface area (Å²) >= 11 is 6.25. The fourth-order valence-corrected chi connectivity index (χ4v) is 9.56. The fraction of sp³-hybridized carbons (Fsp3) is 0.378. The minimum atomic E-state index is -4.59. The number of ether oxygens (including phenoxy) is 3. The van der Waals surface area contributed by atoms with E-state index >= 15 is 0 Å². The zero-order chi connectivity index (χ0) is 43.6. The van der Waals surface area contributed by atoms with Crippen LogP contribution < -0.4 is 19.7 Å². The molecule has 2 saturated heterocycles. The highest BCUT2D eigenvalue weighted by molar-refractivity contribution is 7.90. The monoisotopic (exact) mass is 883 g/mol. The number of rotatable bonds is 13. The van der Waals surface area contributed by atoms with E-state index in [9.17, 15) is 23.3 Å². The maximum Gasteiger partial charge on any atom is 0.293 e. The molecule has 0 radical (unpaired) electrons. The number of nitro benzene ring substituents is 1. The molecule has 4 heterocycles. The molecule has 5 aromatic rings. The highest BCUT2D eigenvalue weighted by Gasteiger charge is 2.32. The molecule has 3 N–H and O–H groups in total. The summed E-state index contributed by atoms with van der Waals surface area (Å²) in [6.45, 7) is 11.4. The zero-order valence-electron chi connectivity index (χ0n) is 34.9. The van der Waals surface area contributed by atoms with E-state index in [2.05, 4.69) is 62.7 Å². The molecule has 2 aromatic heterocycles. The molecule has 8 rings (SSSR count). The van der Waals surface area contributed by atoms with Crippen molar-refractivity contribution in [3.63, 3.8) is 0 Å². The maximum absolute atomic E-state index is 14.0. The summed E-state index contributed by atoms with van der Waals surface area (Å²) in [5.74, 6) is -0.517. The van der Waals surface area contributed by atoms with Crippen LogP contribution in [0.1, 0.15) is 56.0 Å². The third-order valence-electron chi connectivity index (χ3n) is 11.8. The molecule has 2 aliphatic heterocycles. The number of fused-ring (bicyclic) bond motifs is 1. The van der Waals surface area contributed by atoms with Crippen LogP contribution in [0.2, 0.25) is 5.02 Å². The first-order valence-corrected chi connectivity index (χ1v) is 22.6. The largest absolute Gasteiger partial charge is 0.455 e. The number of H-pyrrole nitrogens is 1. The summed E-state index contributed by atoms with van der Waals surface area (Å²) in [7, 11) is -4.59. The first kappa shape index (κ1) is 43.1. The molecule has 0 saturated carbocycles. The molecule has 15 nitrogen and oxygen atoms in total. The molecule has 2 atom stereocenters. The van der Waals surface area contributed by atoms with Gasteiger partial charge in [-0.3, -0.25) is 19.8 Å². The predicted octanol–water partition coefficient (Wildman–Crippen LogP) is 8.04. The zero-order valence-corrected chi connectivity index (χ0v) is 36.4. The molecule has 1 amide bonds. The Hall–Kier alpha value is -5.52. The van der Waals surface area contributed by atoms with Crippen LogP contribution in [-0.4, -0.2) is 98.8 Å². The molecule has 3 aliphatic rings. The Bertz CT molecular complexity index is 2610. The Morgan fingerprint density at radius 3 is 2.66 bits per heavy atom. The van der Waals surface area contributed by atoms with Crippen molar-refractivity contribution in [3.8, 4) is 11.5 Å². The van der Waals surface area contributed by atoms with Gasteiger partial charge in [-0.2, -0.15) is 0 Å². The highest BCUT2D eigenvalue weighted by Crippen LogP contribution is 2.44. The lowest BCUT2D eigenvalue weighted by atomic mass is 9.72. The fourth-order valence-electron chi connectivity index (χ4n) is 8.45. The van der Waals surface area contributed by atoms with Crippen LogP contribution in [0.3, 0.4) is 0 Å². The standard InChI is InChI=1S/C45H50ClN7O8S/c1-29-26-51(27-32-12-14-45(2,3)23-39(32)30-4-6-33(46)7-5-30)16-17-52(29)34-8-10-38(42(21-34)61-35-20-31-13-15-47-43(31)49-24-35)44(54)50-62(57,58)37-9-11-40(41(22-37)53(55)56)48-25-36-28-59-18-19-60-36/h4-11,13,15,20-22,24,29,36,48H,12,14,16-19,23,25-28H2,1-3H3,(H,47,49)(H,50,54)/t29-,36+/m1/s1. The smallest absolute Gasteiger partial charge is 0.293 e. The number of carbonyl (C=O) groups excluding carboxylic acids is 1. The molecule has 0 spiro atoms. The van der Waals surface area contributed by atoms with Gasteiger partial charge in [0.2, 0.25) is 0 Å². The van der Waals surface area contributed by atoms with Crippen molar-refractivity contribution >= 4 is 61.2 Å². The van der Waals surface area contributed by atoms with Crippen LogP contribution in [0.4, 0.5) is 17.1 Å². The van der Waals surface area contributed by atoms with Crippen LogP contribution in [0.15, 0.2) is 95.7 Å². The molecule has 62 heavy (non-hydrogen) atoms. The Morgan fingerprint density at radius 1 is 1.08 bits per heavy atom. The third-order valence-corrected chi connectivity index (χ3v) is 13.3. The van der Waals surface area contributed by atoms with Gasteiger partial charge in [0.25, 0.3) is 21.6 Å². The minimum absolute atomic E-state index is 0.0536. The van der Waals surface area contributed by atoms with Crippen molar-refractivity contribution in [3.05, 3.63) is 117 Å². The topological polar surface area (TPSA) is 181 Å². The van der Waals surface area contributed by atoms with E-state index in [-0.39, 0.29) is 41.1 Å². The van der Waals surface area contributed by atoms with Gasteiger partial charge in [-0.1, -0.05) is 43.2 Å². The van der Waals surface area contributed by atoms with Crippen molar-refractivity contribution in [2.45, 2.75) is 57.1 Å². The van der Waals surface area contributed by atoms with Crippen LogP contribution in [0.25, 0.3) is 16.6 Å². The summed E-state index contributed by atoms with van der Waals surface area (Å²) in [5.41, 5.74) is 5.32. The number of nitrogens with one attached hydrogen (secondary N) is 3. The van der Waals surface area contributed by atoms with E-state index in [0.29, 0.717) is 37.8 Å². The third kappa shape index (κ3) is 9.90. The number of sulfonamides is 1. The number of carbonyl (C=O) groups is 1. The van der Waals surface area contributed by atoms with Gasteiger partial charge in [0, 0.05) is 73.2 Å². The van der Waals surface area contributed by atoms with Gasteiger partial charge in [-0.05, 0) is 91.3 Å². The van der Waals surface area contributed by atoms with Crippen LogP contribution >= 0.6 is 11.6 Å². The number of nitrogens with zero attached hydrogens (tertiary/aromatic N) is 4. The van der Waals surface area contributed by atoms with E-state index in [1.54, 1.807) is 24.4 Å². The molecule has 17 heteroatoms. The van der Waals surface area contributed by atoms with Crippen molar-refractivity contribution in [1.29, 1.82) is 0 Å². The van der Waals surface area contributed by atoms with Crippen LogP contribution in [0.5, 0.6) is 11.5 Å². The van der Waals surface area contributed by atoms with Gasteiger partial charge in [-0.15, -0.1) is 0 Å². The second kappa shape index (κ2) is 18.1. The number of halogens is 1. The quantitative estimate of drug-likeness (QED) is 0.0766. The van der Waals surface area contributed by atoms with Gasteiger partial charge in [-0.25, -0.2) is 18.1 Å². The summed E-state index contributed by atoms with van der Waals surface area (Å²) in [6.07, 6.45) is 6.12. The average Bonchev–Trinajstić information content (AvgIpc) is 3.72. The summed E-state index contributed by atoms with van der Waals surface area (Å²) < 4.78 is 46.8. The number of hydrogen-bond donors (Lipinski definition) is 3. The minimum Gasteiger partial charge on any atom is -0.455 e. The first-order chi connectivity index (χ1) is 29.7. The lowest BCUT2D eigenvalue weighted by Gasteiger charge is -2.43. The number of hydrogen-bond acceptors (Lipinski definition) is 12. The van der Waals surface area contributed by atoms with E-state index in [0.717, 1.165) is 61.1 Å². The van der Waals surface area contributed by atoms with E-state index in [4.69, 9.17) is 25.8 Å². The summed E-state index contributed by atoms with van der Waals surface area (Å²) in [5, 5.41) is 16.5. The highest BCUT2D eigenvalue weighted by atomic mass is 35.5. The van der Waals surface area contributed by atoms with Crippen molar-refractivity contribution in [2.24, 2.45) is 5.41 Å². The molecular weight excluding hydrogens is 834 g/mol. The molecule has 1 aliphatic carbocycles. The number of benzene rings is 3. The van der Waals surface area contributed by atoms with E-state index in [1.165, 1.54) is 41.1 Å². The predicted molar refractivity (Wildman–Crippen MR) is 239 cm³/mol. The number of piperazine rings is 1. The number of allylic oxidation sites excluding steroid dienone is 1. The maximum atomic E-state index is 14.0. The lowest BCUT2D eigenvalue weighted by molar-refractivity contribution is -0.384. The number of nitro groups is 1. The first-order valence-electron chi connectivity index (χ1n) is 20.7. The number of aromatic nitrogens is 2. The molecular formula is C45H50ClN7O8S. The normalized spacial score (nSPS) is 19.6. The van der Waals surface area contributed by atoms with Gasteiger partial charge >= 0.3 is 0 Å². The second-order valence-corrected chi connectivity index (χ2v) is 19.0. The Kier molecular flexibility index (Phi) is 12.6. The van der Waals surface area contributed by atoms with Crippen molar-refractivity contribution < 1.29 is 32.3 Å². The van der Waals surface area contributed by atoms with Gasteiger partial charge in [0.15, 0.2) is 0 Å². The van der Waals surface area contributed by atoms with Gasteiger partial charge < -0.3 is 29.4 Å². The molecule has 3 aromatic carbocycles. The molecule has 0 bridgehead atoms. The Balaban J connectivity index is 1.02. The molecule has 326 valence electrons.